The highest BCUT2D eigenvalue weighted by atomic mass is 16.3. The van der Waals surface area contributed by atoms with E-state index in [2.05, 4.69) is 34.3 Å². The van der Waals surface area contributed by atoms with E-state index >= 15 is 0 Å². The van der Waals surface area contributed by atoms with E-state index in [9.17, 15) is 10.2 Å². The molecule has 0 saturated heterocycles. The second-order valence-corrected chi connectivity index (χ2v) is 9.26. The molecule has 2 N–H and O–H groups in total. The first-order valence-corrected chi connectivity index (χ1v) is 9.07. The van der Waals surface area contributed by atoms with Crippen molar-refractivity contribution >= 4 is 0 Å². The summed E-state index contributed by atoms with van der Waals surface area (Å²) < 4.78 is 0. The number of rotatable bonds is 4. The molecule has 0 spiro atoms. The van der Waals surface area contributed by atoms with Crippen LogP contribution in [0.3, 0.4) is 0 Å². The summed E-state index contributed by atoms with van der Waals surface area (Å²) in [5.41, 5.74) is -1.26. The van der Waals surface area contributed by atoms with Crippen LogP contribution in [-0.2, 0) is 0 Å². The van der Waals surface area contributed by atoms with Crippen LogP contribution in [-0.4, -0.2) is 21.4 Å². The van der Waals surface area contributed by atoms with Crippen LogP contribution in [0.2, 0.25) is 0 Å². The Hall–Kier alpha value is -0.340. The van der Waals surface area contributed by atoms with Gasteiger partial charge in [-0.05, 0) is 68.1 Å². The predicted octanol–water partition coefficient (Wildman–Crippen LogP) is 4.70. The van der Waals surface area contributed by atoms with Gasteiger partial charge in [-0.25, -0.2) is 0 Å². The molecule has 5 atom stereocenters. The number of aliphatic hydroxyl groups is 2. The third kappa shape index (κ3) is 2.78. The van der Waals surface area contributed by atoms with E-state index in [4.69, 9.17) is 0 Å². The Bertz CT molecular complexity index is 425. The Labute approximate surface area is 137 Å². The van der Waals surface area contributed by atoms with Crippen LogP contribution in [0.25, 0.3) is 0 Å². The highest BCUT2D eigenvalue weighted by Crippen LogP contribution is 2.62. The van der Waals surface area contributed by atoms with Crippen molar-refractivity contribution in [3.63, 3.8) is 0 Å². The topological polar surface area (TPSA) is 40.5 Å². The lowest BCUT2D eigenvalue weighted by atomic mass is 9.45. The minimum Gasteiger partial charge on any atom is -0.389 e. The number of hydrogen-bond donors (Lipinski definition) is 2. The largest absolute Gasteiger partial charge is 0.389 e. The summed E-state index contributed by atoms with van der Waals surface area (Å²) in [4.78, 5) is 0. The van der Waals surface area contributed by atoms with Crippen molar-refractivity contribution in [1.82, 2.24) is 0 Å². The van der Waals surface area contributed by atoms with Crippen molar-refractivity contribution in [1.29, 1.82) is 0 Å². The van der Waals surface area contributed by atoms with E-state index in [1.807, 2.05) is 6.92 Å². The van der Waals surface area contributed by atoms with E-state index in [0.29, 0.717) is 11.8 Å². The second-order valence-electron chi connectivity index (χ2n) is 9.26. The number of fused-ring (bicyclic) bond motifs is 1. The van der Waals surface area contributed by atoms with E-state index < -0.39 is 11.2 Å². The van der Waals surface area contributed by atoms with Gasteiger partial charge in [-0.2, -0.15) is 0 Å². The summed E-state index contributed by atoms with van der Waals surface area (Å²) in [6.45, 7) is 14.8. The summed E-state index contributed by atoms with van der Waals surface area (Å²) in [6, 6.07) is 0. The molecule has 0 aromatic carbocycles. The molecule has 0 bridgehead atoms. The molecule has 2 rings (SSSR count). The average Bonchev–Trinajstić information content (AvgIpc) is 2.44. The van der Waals surface area contributed by atoms with Gasteiger partial charge in [0.25, 0.3) is 0 Å². The molecule has 2 nitrogen and oxygen atoms in total. The summed E-state index contributed by atoms with van der Waals surface area (Å²) in [5.74, 6) is 0.931. The van der Waals surface area contributed by atoms with Crippen molar-refractivity contribution in [2.24, 2.45) is 22.7 Å². The maximum absolute atomic E-state index is 11.6. The molecular weight excluding hydrogens is 272 g/mol. The van der Waals surface area contributed by atoms with Crippen molar-refractivity contribution in [2.45, 2.75) is 90.8 Å². The van der Waals surface area contributed by atoms with Crippen LogP contribution >= 0.6 is 0 Å². The predicted molar refractivity (Wildman–Crippen MR) is 92.6 cm³/mol. The van der Waals surface area contributed by atoms with Gasteiger partial charge in [0.2, 0.25) is 0 Å². The first-order valence-electron chi connectivity index (χ1n) is 9.07. The van der Waals surface area contributed by atoms with Crippen LogP contribution in [0.15, 0.2) is 12.7 Å². The van der Waals surface area contributed by atoms with Gasteiger partial charge < -0.3 is 10.2 Å². The zero-order valence-electron chi connectivity index (χ0n) is 15.3. The fourth-order valence-electron chi connectivity index (χ4n) is 5.22. The van der Waals surface area contributed by atoms with Crippen LogP contribution < -0.4 is 0 Å². The standard InChI is InChI=1S/C20H36O2/c1-7-18(5,21)13-14-19(6)15(2)10-12-20(22)16(19)9-8-11-17(20,3)4/h7,15-16,21-22H,1,8-14H2,2-6H3/t15-,16-,18+,19+,20+/m1/s1. The van der Waals surface area contributed by atoms with Gasteiger partial charge in [-0.1, -0.05) is 40.2 Å². The lowest BCUT2D eigenvalue weighted by Crippen LogP contribution is -2.62. The monoisotopic (exact) mass is 308 g/mol. The van der Waals surface area contributed by atoms with E-state index in [1.165, 1.54) is 6.42 Å². The maximum atomic E-state index is 11.6. The maximum Gasteiger partial charge on any atom is 0.0797 e. The van der Waals surface area contributed by atoms with Crippen molar-refractivity contribution in [2.75, 3.05) is 0 Å². The van der Waals surface area contributed by atoms with E-state index in [-0.39, 0.29) is 10.8 Å². The first-order chi connectivity index (χ1) is 9.98. The van der Waals surface area contributed by atoms with Crippen LogP contribution in [0.5, 0.6) is 0 Å². The summed E-state index contributed by atoms with van der Waals surface area (Å²) in [5, 5.41) is 21.9. The molecule has 2 aliphatic carbocycles. The molecule has 128 valence electrons. The Kier molecular flexibility index (Phi) is 4.61. The Balaban J connectivity index is 2.30. The molecule has 0 aromatic heterocycles. The van der Waals surface area contributed by atoms with Gasteiger partial charge >= 0.3 is 0 Å². The molecule has 0 aromatic rings. The smallest absolute Gasteiger partial charge is 0.0797 e. The minimum atomic E-state index is -0.803. The van der Waals surface area contributed by atoms with Gasteiger partial charge in [0.05, 0.1) is 11.2 Å². The molecule has 22 heavy (non-hydrogen) atoms. The van der Waals surface area contributed by atoms with Crippen LogP contribution in [0.1, 0.15) is 79.6 Å². The quantitative estimate of drug-likeness (QED) is 0.739. The van der Waals surface area contributed by atoms with Crippen molar-refractivity contribution < 1.29 is 10.2 Å². The number of hydrogen-bond acceptors (Lipinski definition) is 2. The van der Waals surface area contributed by atoms with Gasteiger partial charge in [-0.15, -0.1) is 6.58 Å². The van der Waals surface area contributed by atoms with Gasteiger partial charge in [0, 0.05) is 0 Å². The molecule has 0 amide bonds. The molecule has 2 saturated carbocycles. The average molecular weight is 309 g/mol. The molecule has 2 heteroatoms. The minimum absolute atomic E-state index is 0.00171. The van der Waals surface area contributed by atoms with E-state index in [0.717, 1.165) is 38.5 Å². The Morgan fingerprint density at radius 1 is 1.23 bits per heavy atom. The van der Waals surface area contributed by atoms with E-state index in [1.54, 1.807) is 6.08 Å². The van der Waals surface area contributed by atoms with Crippen LogP contribution in [0, 0.1) is 22.7 Å². The SMILES string of the molecule is C=C[C@](C)(O)CC[C@@]1(C)[C@H](C)CC[C@]2(O)[C@@H]1CCCC2(C)C. The second kappa shape index (κ2) is 5.63. The highest BCUT2D eigenvalue weighted by Gasteiger charge is 2.60. The fourth-order valence-corrected chi connectivity index (χ4v) is 5.22. The summed E-state index contributed by atoms with van der Waals surface area (Å²) in [6.07, 6.45) is 8.80. The molecular formula is C20H36O2. The summed E-state index contributed by atoms with van der Waals surface area (Å²) in [7, 11) is 0. The molecule has 2 fully saturated rings. The van der Waals surface area contributed by atoms with Gasteiger partial charge in [-0.3, -0.25) is 0 Å². The normalized spacial score (nSPS) is 44.0. The Morgan fingerprint density at radius 3 is 2.45 bits per heavy atom. The molecule has 0 heterocycles. The third-order valence-corrected chi connectivity index (χ3v) is 7.53. The summed E-state index contributed by atoms with van der Waals surface area (Å²) >= 11 is 0. The van der Waals surface area contributed by atoms with Gasteiger partial charge in [0.1, 0.15) is 0 Å². The van der Waals surface area contributed by atoms with Crippen LogP contribution in [0.4, 0.5) is 0 Å². The van der Waals surface area contributed by atoms with Crippen molar-refractivity contribution in [3.05, 3.63) is 12.7 Å². The first kappa shape index (κ1) is 18.0. The zero-order chi connectivity index (χ0) is 16.8. The zero-order valence-corrected chi connectivity index (χ0v) is 15.3. The highest BCUT2D eigenvalue weighted by molar-refractivity contribution is 5.11. The lowest BCUT2D eigenvalue weighted by molar-refractivity contribution is -0.214. The molecule has 0 aliphatic heterocycles. The Morgan fingerprint density at radius 2 is 1.86 bits per heavy atom. The van der Waals surface area contributed by atoms with Gasteiger partial charge in [0.15, 0.2) is 0 Å². The molecule has 0 radical (unpaired) electrons. The molecule has 2 aliphatic rings. The third-order valence-electron chi connectivity index (χ3n) is 7.53. The molecule has 0 unspecified atom stereocenters. The lowest BCUT2D eigenvalue weighted by Gasteiger charge is -2.62. The van der Waals surface area contributed by atoms with Crippen molar-refractivity contribution in [3.8, 4) is 0 Å². The fraction of sp³-hybridized carbons (Fsp3) is 0.900.